The van der Waals surface area contributed by atoms with Crippen LogP contribution < -0.4 is 10.9 Å². The Hall–Kier alpha value is -2.19. The molecule has 0 spiro atoms. The molecule has 0 radical (unpaired) electrons. The summed E-state index contributed by atoms with van der Waals surface area (Å²) >= 11 is 2.53. The fourth-order valence-electron chi connectivity index (χ4n) is 3.86. The molecule has 2 aromatic heterocycles. The van der Waals surface area contributed by atoms with Gasteiger partial charge in [-0.15, -0.1) is 0 Å². The van der Waals surface area contributed by atoms with Crippen LogP contribution in [0.3, 0.4) is 0 Å². The van der Waals surface area contributed by atoms with Gasteiger partial charge in [0.15, 0.2) is 5.16 Å². The Kier molecular flexibility index (Phi) is 6.84. The zero-order valence-corrected chi connectivity index (χ0v) is 18.7. The minimum Gasteiger partial charge on any atom is -0.353 e. The van der Waals surface area contributed by atoms with Crippen LogP contribution in [0.25, 0.3) is 21.5 Å². The van der Waals surface area contributed by atoms with Crippen molar-refractivity contribution in [1.29, 1.82) is 0 Å². The molecule has 1 fully saturated rings. The predicted molar refractivity (Wildman–Crippen MR) is 123 cm³/mol. The number of aromatic nitrogens is 3. The maximum atomic E-state index is 13.1. The van der Waals surface area contributed by atoms with Crippen LogP contribution in [0.4, 0.5) is 0 Å². The first-order valence-electron chi connectivity index (χ1n) is 10.5. The third kappa shape index (κ3) is 4.59. The van der Waals surface area contributed by atoms with Gasteiger partial charge in [0.2, 0.25) is 5.91 Å². The van der Waals surface area contributed by atoms with Crippen molar-refractivity contribution in [2.75, 3.05) is 5.75 Å². The summed E-state index contributed by atoms with van der Waals surface area (Å²) < 4.78 is 6.77. The second-order valence-electron chi connectivity index (χ2n) is 7.62. The number of nitrogens with zero attached hydrogens (tertiary/aromatic N) is 3. The quantitative estimate of drug-likeness (QED) is 0.431. The van der Waals surface area contributed by atoms with Gasteiger partial charge in [-0.1, -0.05) is 68.3 Å². The molecule has 158 valence electrons. The Balaban J connectivity index is 1.61. The summed E-state index contributed by atoms with van der Waals surface area (Å²) in [6, 6.07) is 10.1. The number of nitrogens with one attached hydrogen (secondary N) is 1. The molecule has 2 heterocycles. The van der Waals surface area contributed by atoms with Crippen molar-refractivity contribution in [2.45, 2.75) is 63.2 Å². The molecule has 1 aliphatic carbocycles. The van der Waals surface area contributed by atoms with Crippen LogP contribution in [0.1, 0.15) is 45.4 Å². The molecule has 1 aliphatic rings. The summed E-state index contributed by atoms with van der Waals surface area (Å²) in [4.78, 5) is 30.4. The van der Waals surface area contributed by atoms with Gasteiger partial charge in [0.25, 0.3) is 5.56 Å². The first kappa shape index (κ1) is 21.1. The van der Waals surface area contributed by atoms with Gasteiger partial charge in [0.05, 0.1) is 5.75 Å². The number of carbonyl (C=O) groups is 1. The van der Waals surface area contributed by atoms with E-state index < -0.39 is 0 Å². The lowest BCUT2D eigenvalue weighted by Gasteiger charge is -2.22. The lowest BCUT2D eigenvalue weighted by atomic mass is 9.95. The number of amides is 1. The van der Waals surface area contributed by atoms with Crippen molar-refractivity contribution >= 4 is 39.4 Å². The van der Waals surface area contributed by atoms with Gasteiger partial charge in [0, 0.05) is 18.2 Å². The molecule has 0 atom stereocenters. The highest BCUT2D eigenvalue weighted by Crippen LogP contribution is 2.29. The van der Waals surface area contributed by atoms with Gasteiger partial charge >= 0.3 is 0 Å². The van der Waals surface area contributed by atoms with Crippen LogP contribution in [0.2, 0.25) is 0 Å². The second-order valence-corrected chi connectivity index (χ2v) is 9.33. The maximum absolute atomic E-state index is 13.1. The van der Waals surface area contributed by atoms with E-state index in [4.69, 9.17) is 4.98 Å². The molecule has 30 heavy (non-hydrogen) atoms. The minimum absolute atomic E-state index is 0.0102. The molecule has 4 rings (SSSR count). The van der Waals surface area contributed by atoms with Gasteiger partial charge in [-0.3, -0.25) is 14.2 Å². The highest BCUT2D eigenvalue weighted by Gasteiger charge is 2.20. The van der Waals surface area contributed by atoms with E-state index in [1.807, 2.05) is 37.3 Å². The molecule has 0 unspecified atom stereocenters. The molecule has 1 aromatic carbocycles. The summed E-state index contributed by atoms with van der Waals surface area (Å²) in [6.07, 6.45) is 6.55. The standard InChI is InChI=1S/C22H26N4O2S2/c1-2-13-26-21(28)20-19(18(25-30-20)15-9-5-3-6-10-15)24-22(26)29-14-17(27)23-16-11-7-4-8-12-16/h3,5-6,9-10,16H,2,4,7-8,11-14H2,1H3,(H,23,27). The van der Waals surface area contributed by atoms with E-state index in [0.29, 0.717) is 21.9 Å². The van der Waals surface area contributed by atoms with Gasteiger partial charge in [0.1, 0.15) is 15.9 Å². The minimum atomic E-state index is -0.0725. The van der Waals surface area contributed by atoms with E-state index in [1.165, 1.54) is 42.6 Å². The molecular formula is C22H26N4O2S2. The summed E-state index contributed by atoms with van der Waals surface area (Å²) in [5, 5.41) is 3.73. The number of fused-ring (bicyclic) bond motifs is 1. The van der Waals surface area contributed by atoms with Crippen LogP contribution in [0, 0.1) is 0 Å². The van der Waals surface area contributed by atoms with Crippen molar-refractivity contribution in [3.05, 3.63) is 40.7 Å². The third-order valence-electron chi connectivity index (χ3n) is 5.34. The average molecular weight is 443 g/mol. The van der Waals surface area contributed by atoms with E-state index in [1.54, 1.807) is 4.57 Å². The number of benzene rings is 1. The van der Waals surface area contributed by atoms with Gasteiger partial charge in [-0.05, 0) is 30.8 Å². The summed E-state index contributed by atoms with van der Waals surface area (Å²) in [7, 11) is 0. The molecule has 1 amide bonds. The summed E-state index contributed by atoms with van der Waals surface area (Å²) in [5.41, 5.74) is 2.22. The van der Waals surface area contributed by atoms with Crippen LogP contribution in [-0.2, 0) is 11.3 Å². The highest BCUT2D eigenvalue weighted by atomic mass is 32.2. The predicted octanol–water partition coefficient (Wildman–Crippen LogP) is 4.47. The molecule has 0 aliphatic heterocycles. The van der Waals surface area contributed by atoms with Gasteiger partial charge in [-0.2, -0.15) is 4.37 Å². The van der Waals surface area contributed by atoms with Gasteiger partial charge < -0.3 is 5.32 Å². The van der Waals surface area contributed by atoms with Crippen molar-refractivity contribution in [1.82, 2.24) is 19.2 Å². The molecule has 8 heteroatoms. The van der Waals surface area contributed by atoms with E-state index in [9.17, 15) is 9.59 Å². The Bertz CT molecular complexity index is 1070. The first-order chi connectivity index (χ1) is 14.7. The van der Waals surface area contributed by atoms with Crippen LogP contribution in [0.5, 0.6) is 0 Å². The van der Waals surface area contributed by atoms with Crippen molar-refractivity contribution in [3.63, 3.8) is 0 Å². The van der Waals surface area contributed by atoms with E-state index in [2.05, 4.69) is 9.69 Å². The monoisotopic (exact) mass is 442 g/mol. The molecular weight excluding hydrogens is 416 g/mol. The zero-order chi connectivity index (χ0) is 20.9. The number of carbonyl (C=O) groups excluding carboxylic acids is 1. The number of hydrogen-bond acceptors (Lipinski definition) is 6. The van der Waals surface area contributed by atoms with Crippen molar-refractivity contribution in [3.8, 4) is 11.3 Å². The van der Waals surface area contributed by atoms with E-state index in [0.717, 1.165) is 30.5 Å². The van der Waals surface area contributed by atoms with Crippen LogP contribution in [-0.4, -0.2) is 31.6 Å². The lowest BCUT2D eigenvalue weighted by molar-refractivity contribution is -0.119. The summed E-state index contributed by atoms with van der Waals surface area (Å²) in [6.45, 7) is 2.61. The SMILES string of the molecule is CCCn1c(SCC(=O)NC2CCCCC2)nc2c(-c3ccccc3)nsc2c1=O. The number of thioether (sulfide) groups is 1. The Labute approximate surface area is 184 Å². The molecule has 6 nitrogen and oxygen atoms in total. The van der Waals surface area contributed by atoms with Crippen LogP contribution >= 0.6 is 23.3 Å². The van der Waals surface area contributed by atoms with E-state index in [-0.39, 0.29) is 23.3 Å². The Morgan fingerprint density at radius 1 is 1.23 bits per heavy atom. The second kappa shape index (κ2) is 9.75. The van der Waals surface area contributed by atoms with Crippen molar-refractivity contribution < 1.29 is 4.79 Å². The smallest absolute Gasteiger partial charge is 0.273 e. The lowest BCUT2D eigenvalue weighted by Crippen LogP contribution is -2.37. The Morgan fingerprint density at radius 3 is 2.73 bits per heavy atom. The highest BCUT2D eigenvalue weighted by molar-refractivity contribution is 7.99. The van der Waals surface area contributed by atoms with E-state index >= 15 is 0 Å². The normalized spacial score (nSPS) is 14.8. The maximum Gasteiger partial charge on any atom is 0.273 e. The topological polar surface area (TPSA) is 76.9 Å². The fraction of sp³-hybridized carbons (Fsp3) is 0.455. The number of rotatable bonds is 7. The largest absolute Gasteiger partial charge is 0.353 e. The average Bonchev–Trinajstić information content (AvgIpc) is 3.20. The fourth-order valence-corrected chi connectivity index (χ4v) is 5.48. The summed E-state index contributed by atoms with van der Waals surface area (Å²) in [5.74, 6) is 0.271. The van der Waals surface area contributed by atoms with Crippen molar-refractivity contribution in [2.24, 2.45) is 0 Å². The van der Waals surface area contributed by atoms with Crippen LogP contribution in [0.15, 0.2) is 40.3 Å². The first-order valence-corrected chi connectivity index (χ1v) is 12.3. The molecule has 1 saturated carbocycles. The Morgan fingerprint density at radius 2 is 2.00 bits per heavy atom. The van der Waals surface area contributed by atoms with Gasteiger partial charge in [-0.25, -0.2) is 4.98 Å². The zero-order valence-electron chi connectivity index (χ0n) is 17.1. The molecule has 3 aromatic rings. The molecule has 0 bridgehead atoms. The number of hydrogen-bond donors (Lipinski definition) is 1. The molecule has 1 N–H and O–H groups in total. The molecule has 0 saturated heterocycles. The third-order valence-corrected chi connectivity index (χ3v) is 7.14.